The Hall–Kier alpha value is -2.64. The van der Waals surface area contributed by atoms with E-state index in [0.717, 1.165) is 10.6 Å². The third-order valence-electron chi connectivity index (χ3n) is 5.79. The van der Waals surface area contributed by atoms with E-state index in [4.69, 9.17) is 11.6 Å². The number of aliphatic hydroxyl groups excluding tert-OH is 2. The second-order valence-electron chi connectivity index (χ2n) is 7.69. The highest BCUT2D eigenvalue weighted by atomic mass is 35.5. The number of nitrogens with zero attached hydrogens (tertiary/aromatic N) is 3. The fourth-order valence-electron chi connectivity index (χ4n) is 4.05. The molecule has 4 atom stereocenters. The topological polar surface area (TPSA) is 112 Å². The highest BCUT2D eigenvalue weighted by Gasteiger charge is 2.54. The molecule has 3 heterocycles. The van der Waals surface area contributed by atoms with Crippen molar-refractivity contribution in [3.05, 3.63) is 39.4 Å². The number of pyridine rings is 1. The molecule has 31 heavy (non-hydrogen) atoms. The van der Waals surface area contributed by atoms with Crippen molar-refractivity contribution in [1.82, 2.24) is 19.9 Å². The maximum absolute atomic E-state index is 12.4. The van der Waals surface area contributed by atoms with Crippen molar-refractivity contribution in [3.8, 4) is 11.8 Å². The van der Waals surface area contributed by atoms with Gasteiger partial charge in [-0.1, -0.05) is 11.6 Å². The summed E-state index contributed by atoms with van der Waals surface area (Å²) in [5.74, 6) is 5.78. The van der Waals surface area contributed by atoms with E-state index >= 15 is 0 Å². The normalized spacial score (nSPS) is 25.3. The van der Waals surface area contributed by atoms with E-state index in [1.165, 1.54) is 18.4 Å². The molecule has 0 radical (unpaired) electrons. The zero-order valence-corrected chi connectivity index (χ0v) is 18.8. The van der Waals surface area contributed by atoms with E-state index in [1.54, 1.807) is 37.0 Å². The van der Waals surface area contributed by atoms with Gasteiger partial charge in [-0.15, -0.1) is 11.3 Å². The Morgan fingerprint density at radius 3 is 2.77 bits per heavy atom. The third-order valence-corrected chi connectivity index (χ3v) is 6.94. The van der Waals surface area contributed by atoms with Crippen LogP contribution < -0.4 is 10.6 Å². The molecule has 1 saturated carbocycles. The van der Waals surface area contributed by atoms with Crippen LogP contribution in [-0.4, -0.2) is 57.0 Å². The van der Waals surface area contributed by atoms with Crippen LogP contribution in [0.25, 0.3) is 11.2 Å². The second kappa shape index (κ2) is 8.13. The molecular weight excluding hydrogens is 438 g/mol. The van der Waals surface area contributed by atoms with Crippen LogP contribution in [0.5, 0.6) is 0 Å². The second-order valence-corrected chi connectivity index (χ2v) is 9.40. The minimum atomic E-state index is -1.22. The predicted molar refractivity (Wildman–Crippen MR) is 120 cm³/mol. The van der Waals surface area contributed by atoms with Gasteiger partial charge in [0.1, 0.15) is 17.3 Å². The van der Waals surface area contributed by atoms with Crippen LogP contribution in [0, 0.1) is 17.3 Å². The van der Waals surface area contributed by atoms with E-state index in [1.807, 2.05) is 6.07 Å². The van der Waals surface area contributed by atoms with Crippen molar-refractivity contribution < 1.29 is 15.0 Å². The molecule has 1 aliphatic carbocycles. The van der Waals surface area contributed by atoms with Gasteiger partial charge in [0.25, 0.3) is 0 Å². The number of hydrogen-bond donors (Lipinski definition) is 4. The first-order chi connectivity index (χ1) is 14.8. The van der Waals surface area contributed by atoms with E-state index < -0.39 is 23.7 Å². The van der Waals surface area contributed by atoms with Crippen molar-refractivity contribution in [2.24, 2.45) is 5.41 Å². The van der Waals surface area contributed by atoms with Gasteiger partial charge in [-0.25, -0.2) is 9.97 Å². The average molecular weight is 460 g/mol. The van der Waals surface area contributed by atoms with Crippen molar-refractivity contribution in [1.29, 1.82) is 0 Å². The van der Waals surface area contributed by atoms with E-state index in [2.05, 4.69) is 32.4 Å². The fraction of sp³-hybridized carbons (Fsp3) is 0.381. The number of imidazole rings is 1. The zero-order valence-electron chi connectivity index (χ0n) is 17.2. The van der Waals surface area contributed by atoms with Gasteiger partial charge in [-0.05, 0) is 43.4 Å². The lowest BCUT2D eigenvalue weighted by atomic mass is 9.85. The molecule has 162 valence electrons. The molecule has 0 saturated heterocycles. The molecule has 0 bridgehead atoms. The van der Waals surface area contributed by atoms with Crippen LogP contribution in [0.3, 0.4) is 0 Å². The van der Waals surface area contributed by atoms with Crippen LogP contribution in [0.1, 0.15) is 30.0 Å². The number of aromatic nitrogens is 3. The van der Waals surface area contributed by atoms with Gasteiger partial charge >= 0.3 is 0 Å². The van der Waals surface area contributed by atoms with Gasteiger partial charge in [0.15, 0.2) is 5.65 Å². The van der Waals surface area contributed by atoms with Crippen LogP contribution >= 0.6 is 22.9 Å². The molecule has 0 spiro atoms. The van der Waals surface area contributed by atoms with E-state index in [-0.39, 0.29) is 12.3 Å². The number of thiophene rings is 1. The monoisotopic (exact) mass is 459 g/mol. The molecular formula is C21H22ClN5O3S. The van der Waals surface area contributed by atoms with Crippen molar-refractivity contribution in [3.63, 3.8) is 0 Å². The summed E-state index contributed by atoms with van der Waals surface area (Å²) in [5, 5.41) is 27.1. The number of hydrogen-bond acceptors (Lipinski definition) is 7. The number of rotatable bonds is 3. The van der Waals surface area contributed by atoms with Gasteiger partial charge in [-0.3, -0.25) is 4.79 Å². The Morgan fingerprint density at radius 2 is 2.13 bits per heavy atom. The summed E-state index contributed by atoms with van der Waals surface area (Å²) in [5.41, 5.74) is 1.25. The van der Waals surface area contributed by atoms with Gasteiger partial charge in [0, 0.05) is 14.1 Å². The third kappa shape index (κ3) is 3.66. The SMILES string of the molecule is CNC(=O)[C@@]1(C)C[C@@H](n2cnc3c(NC)cc(C#Cc4ccc(Cl)s4)nc32)C(O)C1O. The molecule has 4 N–H and O–H groups in total. The summed E-state index contributed by atoms with van der Waals surface area (Å²) in [7, 11) is 3.29. The number of nitrogens with one attached hydrogen (secondary N) is 2. The molecule has 1 fully saturated rings. The molecule has 3 aromatic heterocycles. The van der Waals surface area contributed by atoms with Crippen molar-refractivity contribution in [2.75, 3.05) is 19.4 Å². The number of carbonyl (C=O) groups is 1. The number of aliphatic hydroxyl groups is 2. The standard InChI is InChI=1S/C21H22ClN5O3S/c1-21(20(30)24-3)9-14(17(28)18(21)29)27-10-25-16-13(23-2)8-11(26-19(16)27)4-5-12-6-7-15(22)31-12/h6-8,10,14,17-18,28-29H,9H2,1-3H3,(H,23,26)(H,24,30)/t14-,17?,18?,21+/m1/s1. The first-order valence-corrected chi connectivity index (χ1v) is 10.9. The summed E-state index contributed by atoms with van der Waals surface area (Å²) in [4.78, 5) is 22.3. The largest absolute Gasteiger partial charge is 0.389 e. The number of fused-ring (bicyclic) bond motifs is 1. The molecule has 8 nitrogen and oxygen atoms in total. The quantitative estimate of drug-likeness (QED) is 0.446. The van der Waals surface area contributed by atoms with Crippen LogP contribution in [0.2, 0.25) is 4.34 Å². The number of carbonyl (C=O) groups excluding carboxylic acids is 1. The molecule has 2 unspecified atom stereocenters. The minimum Gasteiger partial charge on any atom is -0.389 e. The first-order valence-electron chi connectivity index (χ1n) is 9.69. The summed E-state index contributed by atoms with van der Waals surface area (Å²) in [6, 6.07) is 4.87. The molecule has 1 amide bonds. The minimum absolute atomic E-state index is 0.237. The van der Waals surface area contributed by atoms with E-state index in [9.17, 15) is 15.0 Å². The molecule has 0 aromatic carbocycles. The summed E-state index contributed by atoms with van der Waals surface area (Å²) in [6.07, 6.45) is -0.557. The number of amides is 1. The van der Waals surface area contributed by atoms with Crippen molar-refractivity contribution >= 4 is 45.7 Å². The van der Waals surface area contributed by atoms with Gasteiger partial charge in [-0.2, -0.15) is 0 Å². The Bertz CT molecular complexity index is 1210. The lowest BCUT2D eigenvalue weighted by Gasteiger charge is -2.26. The number of halogens is 1. The fourth-order valence-corrected chi connectivity index (χ4v) is 4.95. The summed E-state index contributed by atoms with van der Waals surface area (Å²) in [6.45, 7) is 1.65. The lowest BCUT2D eigenvalue weighted by Crippen LogP contribution is -2.45. The molecule has 3 aromatic rings. The molecule has 0 aliphatic heterocycles. The van der Waals surface area contributed by atoms with Crippen LogP contribution in [-0.2, 0) is 4.79 Å². The Labute approximate surface area is 188 Å². The van der Waals surface area contributed by atoms with Gasteiger partial charge in [0.2, 0.25) is 5.91 Å². The lowest BCUT2D eigenvalue weighted by molar-refractivity contribution is -0.136. The smallest absolute Gasteiger partial charge is 0.228 e. The zero-order chi connectivity index (χ0) is 22.3. The Morgan fingerprint density at radius 1 is 1.35 bits per heavy atom. The molecule has 1 aliphatic rings. The summed E-state index contributed by atoms with van der Waals surface area (Å²) >= 11 is 7.35. The number of anilines is 1. The maximum atomic E-state index is 12.4. The Kier molecular flexibility index (Phi) is 5.66. The first kappa shape index (κ1) is 21.6. The van der Waals surface area contributed by atoms with Gasteiger partial charge in [0.05, 0.1) is 38.8 Å². The van der Waals surface area contributed by atoms with E-state index in [0.29, 0.717) is 21.2 Å². The summed E-state index contributed by atoms with van der Waals surface area (Å²) < 4.78 is 2.38. The predicted octanol–water partition coefficient (Wildman–Crippen LogP) is 2.01. The highest BCUT2D eigenvalue weighted by Crippen LogP contribution is 2.45. The highest BCUT2D eigenvalue weighted by molar-refractivity contribution is 7.16. The molecule has 10 heteroatoms. The van der Waals surface area contributed by atoms with Crippen molar-refractivity contribution in [2.45, 2.75) is 31.6 Å². The van der Waals surface area contributed by atoms with Gasteiger partial charge < -0.3 is 25.4 Å². The maximum Gasteiger partial charge on any atom is 0.228 e. The molecule has 4 rings (SSSR count). The van der Waals surface area contributed by atoms with Crippen LogP contribution in [0.4, 0.5) is 5.69 Å². The van der Waals surface area contributed by atoms with Crippen LogP contribution in [0.15, 0.2) is 24.5 Å². The Balaban J connectivity index is 1.78. The average Bonchev–Trinajstić information content (AvgIpc) is 3.44.